The smallest absolute Gasteiger partial charge is 0.367 e. The van der Waals surface area contributed by atoms with Crippen LogP contribution in [0.4, 0.5) is 19.0 Å². The van der Waals surface area contributed by atoms with Gasteiger partial charge in [0.25, 0.3) is 0 Å². The quantitative estimate of drug-likeness (QED) is 0.905. The predicted octanol–water partition coefficient (Wildman–Crippen LogP) is 3.14. The molecule has 1 aromatic heterocycles. The summed E-state index contributed by atoms with van der Waals surface area (Å²) < 4.78 is 37.9. The van der Waals surface area contributed by atoms with E-state index in [9.17, 15) is 13.2 Å². The zero-order valence-corrected chi connectivity index (χ0v) is 11.2. The third-order valence-corrected chi connectivity index (χ3v) is 4.21. The molecule has 2 saturated heterocycles. The van der Waals surface area contributed by atoms with E-state index in [2.05, 4.69) is 15.2 Å². The number of anilines is 1. The van der Waals surface area contributed by atoms with Gasteiger partial charge in [0, 0.05) is 18.6 Å². The van der Waals surface area contributed by atoms with Gasteiger partial charge in [-0.15, -0.1) is 0 Å². The third-order valence-electron chi connectivity index (χ3n) is 4.21. The first-order valence-corrected chi connectivity index (χ1v) is 7.07. The summed E-state index contributed by atoms with van der Waals surface area (Å²) in [7, 11) is 0. The van der Waals surface area contributed by atoms with Gasteiger partial charge in [0.2, 0.25) is 0 Å². The van der Waals surface area contributed by atoms with E-state index in [1.807, 2.05) is 0 Å². The van der Waals surface area contributed by atoms with Gasteiger partial charge in [-0.25, -0.2) is 4.98 Å². The lowest BCUT2D eigenvalue weighted by Gasteiger charge is -2.35. The number of halogens is 3. The van der Waals surface area contributed by atoms with Gasteiger partial charge in [0.1, 0.15) is 11.5 Å². The lowest BCUT2D eigenvalue weighted by Crippen LogP contribution is -2.42. The van der Waals surface area contributed by atoms with E-state index in [-0.39, 0.29) is 6.04 Å². The summed E-state index contributed by atoms with van der Waals surface area (Å²) >= 11 is 0. The molecule has 0 radical (unpaired) electrons. The van der Waals surface area contributed by atoms with E-state index in [1.165, 1.54) is 25.5 Å². The van der Waals surface area contributed by atoms with Gasteiger partial charge in [-0.2, -0.15) is 13.2 Å². The number of pyridine rings is 1. The fourth-order valence-corrected chi connectivity index (χ4v) is 3.24. The van der Waals surface area contributed by atoms with Crippen molar-refractivity contribution >= 4 is 5.82 Å². The van der Waals surface area contributed by atoms with Gasteiger partial charge < -0.3 is 10.2 Å². The lowest BCUT2D eigenvalue weighted by atomic mass is 9.97. The first-order valence-electron chi connectivity index (χ1n) is 7.07. The standard InChI is InChI=1S/C14H18F3N3/c15-14(16,17)12-4-1-5-13(19-12)18-10-6-8-20-7-2-3-11(20)9-10/h1,4-5,10-11H,2-3,6-9H2,(H,18,19). The minimum atomic E-state index is -4.38. The Morgan fingerprint density at radius 3 is 2.85 bits per heavy atom. The van der Waals surface area contributed by atoms with E-state index in [4.69, 9.17) is 0 Å². The van der Waals surface area contributed by atoms with Crippen LogP contribution in [-0.2, 0) is 6.18 Å². The van der Waals surface area contributed by atoms with Crippen molar-refractivity contribution in [3.63, 3.8) is 0 Å². The number of aromatic nitrogens is 1. The summed E-state index contributed by atoms with van der Waals surface area (Å²) in [6.45, 7) is 2.19. The van der Waals surface area contributed by atoms with E-state index in [1.54, 1.807) is 6.07 Å². The van der Waals surface area contributed by atoms with Crippen LogP contribution >= 0.6 is 0 Å². The summed E-state index contributed by atoms with van der Waals surface area (Å²) in [6.07, 6.45) is 0.0201. The second-order valence-corrected chi connectivity index (χ2v) is 5.60. The van der Waals surface area contributed by atoms with Crippen LogP contribution < -0.4 is 5.32 Å². The van der Waals surface area contributed by atoms with Crippen molar-refractivity contribution in [2.75, 3.05) is 18.4 Å². The first kappa shape index (κ1) is 13.7. The molecular weight excluding hydrogens is 267 g/mol. The molecule has 2 unspecified atom stereocenters. The van der Waals surface area contributed by atoms with Gasteiger partial charge in [-0.3, -0.25) is 0 Å². The molecule has 0 spiro atoms. The van der Waals surface area contributed by atoms with E-state index >= 15 is 0 Å². The molecule has 1 N–H and O–H groups in total. The molecule has 0 amide bonds. The molecule has 2 atom stereocenters. The molecule has 3 rings (SSSR count). The van der Waals surface area contributed by atoms with Crippen molar-refractivity contribution in [2.45, 2.75) is 43.9 Å². The highest BCUT2D eigenvalue weighted by Gasteiger charge is 2.34. The maximum absolute atomic E-state index is 12.6. The van der Waals surface area contributed by atoms with Crippen LogP contribution in [0.5, 0.6) is 0 Å². The molecule has 3 heterocycles. The maximum atomic E-state index is 12.6. The Balaban J connectivity index is 1.66. The molecule has 0 aliphatic carbocycles. The molecule has 110 valence electrons. The van der Waals surface area contributed by atoms with Crippen molar-refractivity contribution < 1.29 is 13.2 Å². The maximum Gasteiger partial charge on any atom is 0.433 e. The van der Waals surface area contributed by atoms with E-state index in [0.717, 1.165) is 25.5 Å². The van der Waals surface area contributed by atoms with Crippen molar-refractivity contribution in [3.8, 4) is 0 Å². The molecule has 2 fully saturated rings. The molecule has 20 heavy (non-hydrogen) atoms. The van der Waals surface area contributed by atoms with Crippen molar-refractivity contribution in [1.29, 1.82) is 0 Å². The topological polar surface area (TPSA) is 28.2 Å². The first-order chi connectivity index (χ1) is 9.52. The van der Waals surface area contributed by atoms with Gasteiger partial charge in [-0.05, 0) is 44.4 Å². The van der Waals surface area contributed by atoms with Crippen LogP contribution in [0, 0.1) is 0 Å². The summed E-state index contributed by atoms with van der Waals surface area (Å²) in [6, 6.07) is 4.83. The van der Waals surface area contributed by atoms with Crippen LogP contribution in [0.2, 0.25) is 0 Å². The number of fused-ring (bicyclic) bond motifs is 1. The second kappa shape index (κ2) is 5.24. The van der Waals surface area contributed by atoms with Gasteiger partial charge in [0.05, 0.1) is 0 Å². The SMILES string of the molecule is FC(F)(F)c1cccc(NC2CCN3CCCC3C2)n1. The molecule has 0 saturated carbocycles. The third kappa shape index (κ3) is 2.90. The fraction of sp³-hybridized carbons (Fsp3) is 0.643. The monoisotopic (exact) mass is 285 g/mol. The molecule has 1 aromatic rings. The van der Waals surface area contributed by atoms with Crippen LogP contribution in [-0.4, -0.2) is 35.1 Å². The highest BCUT2D eigenvalue weighted by molar-refractivity contribution is 5.37. The van der Waals surface area contributed by atoms with Crippen molar-refractivity contribution in [3.05, 3.63) is 23.9 Å². The number of alkyl halides is 3. The Hall–Kier alpha value is -1.30. The normalized spacial score (nSPS) is 27.4. The minimum absolute atomic E-state index is 0.227. The Morgan fingerprint density at radius 2 is 2.05 bits per heavy atom. The zero-order valence-electron chi connectivity index (χ0n) is 11.2. The number of nitrogens with one attached hydrogen (secondary N) is 1. The number of hydrogen-bond acceptors (Lipinski definition) is 3. The van der Waals surface area contributed by atoms with Crippen LogP contribution in [0.1, 0.15) is 31.4 Å². The number of hydrogen-bond donors (Lipinski definition) is 1. The molecular formula is C14H18F3N3. The molecule has 0 bridgehead atoms. The average Bonchev–Trinajstić information content (AvgIpc) is 2.85. The summed E-state index contributed by atoms with van der Waals surface area (Å²) in [4.78, 5) is 6.16. The Kier molecular flexibility index (Phi) is 3.58. The van der Waals surface area contributed by atoms with Crippen LogP contribution in [0.25, 0.3) is 0 Å². The van der Waals surface area contributed by atoms with E-state index < -0.39 is 11.9 Å². The van der Waals surface area contributed by atoms with Crippen molar-refractivity contribution in [2.24, 2.45) is 0 Å². The van der Waals surface area contributed by atoms with E-state index in [0.29, 0.717) is 11.9 Å². The lowest BCUT2D eigenvalue weighted by molar-refractivity contribution is -0.141. The molecule has 3 nitrogen and oxygen atoms in total. The Morgan fingerprint density at radius 1 is 1.20 bits per heavy atom. The van der Waals surface area contributed by atoms with Crippen LogP contribution in [0.15, 0.2) is 18.2 Å². The Labute approximate surface area is 116 Å². The highest BCUT2D eigenvalue weighted by atomic mass is 19.4. The van der Waals surface area contributed by atoms with Crippen LogP contribution in [0.3, 0.4) is 0 Å². The number of rotatable bonds is 2. The summed E-state index contributed by atoms with van der Waals surface area (Å²) in [5.41, 5.74) is -0.833. The average molecular weight is 285 g/mol. The highest BCUT2D eigenvalue weighted by Crippen LogP contribution is 2.30. The molecule has 2 aliphatic heterocycles. The van der Waals surface area contributed by atoms with Crippen molar-refractivity contribution in [1.82, 2.24) is 9.88 Å². The number of nitrogens with zero attached hydrogens (tertiary/aromatic N) is 2. The molecule has 2 aliphatic rings. The number of piperidine rings is 1. The summed E-state index contributed by atoms with van der Waals surface area (Å²) in [5.74, 6) is 0.330. The summed E-state index contributed by atoms with van der Waals surface area (Å²) in [5, 5.41) is 3.17. The van der Waals surface area contributed by atoms with Gasteiger partial charge in [-0.1, -0.05) is 6.07 Å². The van der Waals surface area contributed by atoms with Gasteiger partial charge in [0.15, 0.2) is 0 Å². The molecule has 6 heteroatoms. The molecule has 0 aromatic carbocycles. The minimum Gasteiger partial charge on any atom is -0.367 e. The zero-order chi connectivity index (χ0) is 14.2. The second-order valence-electron chi connectivity index (χ2n) is 5.60. The largest absolute Gasteiger partial charge is 0.433 e. The van der Waals surface area contributed by atoms with Gasteiger partial charge >= 0.3 is 6.18 Å². The fourth-order valence-electron chi connectivity index (χ4n) is 3.24. The Bertz CT molecular complexity index is 475. The predicted molar refractivity (Wildman–Crippen MR) is 70.5 cm³/mol.